The lowest BCUT2D eigenvalue weighted by Gasteiger charge is -2.20. The molecule has 0 saturated heterocycles. The summed E-state index contributed by atoms with van der Waals surface area (Å²) in [7, 11) is 1.56. The van der Waals surface area contributed by atoms with Crippen molar-refractivity contribution in [2.75, 3.05) is 7.11 Å². The Kier molecular flexibility index (Phi) is 3.80. The predicted octanol–water partition coefficient (Wildman–Crippen LogP) is 4.36. The number of fused-ring (bicyclic) bond motifs is 1. The van der Waals surface area contributed by atoms with E-state index in [2.05, 4.69) is 57.6 Å². The van der Waals surface area contributed by atoms with E-state index >= 15 is 0 Å². The Hall–Kier alpha value is -0.810. The van der Waals surface area contributed by atoms with E-state index in [1.54, 1.807) is 13.2 Å². The maximum atomic E-state index is 12.4. The summed E-state index contributed by atoms with van der Waals surface area (Å²) >= 11 is 6.90. The maximum absolute atomic E-state index is 12.4. The monoisotopic (exact) mass is 387 g/mol. The number of methoxy groups -OCH3 is 1. The molecule has 0 unspecified atom stereocenters. The second-order valence-electron chi connectivity index (χ2n) is 5.42. The summed E-state index contributed by atoms with van der Waals surface area (Å²) in [6.45, 7) is 6.19. The van der Waals surface area contributed by atoms with Gasteiger partial charge in [0.2, 0.25) is 0 Å². The molecule has 0 radical (unpaired) electrons. The topological polar surface area (TPSA) is 42.1 Å². The van der Waals surface area contributed by atoms with Crippen LogP contribution < -0.4 is 10.2 Å². The second kappa shape index (κ2) is 4.94. The summed E-state index contributed by atoms with van der Waals surface area (Å²) in [4.78, 5) is 15.7. The Balaban J connectivity index is 2.95. The van der Waals surface area contributed by atoms with Crippen molar-refractivity contribution in [1.29, 1.82) is 0 Å². The Bertz CT molecular complexity index is 699. The molecule has 19 heavy (non-hydrogen) atoms. The third-order valence-electron chi connectivity index (χ3n) is 2.98. The van der Waals surface area contributed by atoms with Crippen molar-refractivity contribution < 1.29 is 4.74 Å². The summed E-state index contributed by atoms with van der Waals surface area (Å²) < 4.78 is 6.92. The van der Waals surface area contributed by atoms with Crippen LogP contribution in [-0.2, 0) is 5.41 Å². The van der Waals surface area contributed by atoms with Gasteiger partial charge in [-0.15, -0.1) is 0 Å². The molecular formula is C14H15Br2NO2. The van der Waals surface area contributed by atoms with Gasteiger partial charge in [-0.2, -0.15) is 0 Å². The molecule has 0 atom stereocenters. The van der Waals surface area contributed by atoms with E-state index in [9.17, 15) is 4.79 Å². The van der Waals surface area contributed by atoms with Crippen LogP contribution in [0.4, 0.5) is 0 Å². The normalized spacial score (nSPS) is 11.9. The van der Waals surface area contributed by atoms with Crippen LogP contribution in [0.5, 0.6) is 5.75 Å². The summed E-state index contributed by atoms with van der Waals surface area (Å²) in [5.74, 6) is 0.555. The van der Waals surface area contributed by atoms with Gasteiger partial charge >= 0.3 is 0 Å². The standard InChI is InChI=1S/C14H15Br2NO2/c1-14(2,3)10-6-9(18)11-12(17-10)7(15)5-8(16)13(11)19-4/h5-6H,1-4H3,(H,17,18). The molecule has 1 aromatic heterocycles. The fraction of sp³-hybridized carbons (Fsp3) is 0.357. The summed E-state index contributed by atoms with van der Waals surface area (Å²) in [5, 5.41) is 0.553. The van der Waals surface area contributed by atoms with Crippen LogP contribution >= 0.6 is 31.9 Å². The molecule has 0 bridgehead atoms. The van der Waals surface area contributed by atoms with Gasteiger partial charge < -0.3 is 9.72 Å². The first-order valence-corrected chi connectivity index (χ1v) is 7.44. The van der Waals surface area contributed by atoms with E-state index in [1.165, 1.54) is 0 Å². The van der Waals surface area contributed by atoms with Gasteiger partial charge in [-0.1, -0.05) is 20.8 Å². The molecule has 0 amide bonds. The molecule has 5 heteroatoms. The molecule has 0 aliphatic rings. The Morgan fingerprint density at radius 2 is 1.79 bits per heavy atom. The minimum absolute atomic E-state index is 0.0440. The molecule has 1 heterocycles. The maximum Gasteiger partial charge on any atom is 0.193 e. The van der Waals surface area contributed by atoms with E-state index < -0.39 is 0 Å². The van der Waals surface area contributed by atoms with Gasteiger partial charge in [0.15, 0.2) is 5.43 Å². The molecule has 2 aromatic rings. The van der Waals surface area contributed by atoms with Crippen molar-refractivity contribution in [3.63, 3.8) is 0 Å². The SMILES string of the molecule is COc1c(Br)cc(Br)c2[nH]c(C(C)(C)C)cc(=O)c12. The Labute approximate surface area is 128 Å². The molecule has 0 fully saturated rings. The number of benzene rings is 1. The van der Waals surface area contributed by atoms with Crippen LogP contribution in [0.15, 0.2) is 25.9 Å². The number of nitrogens with one attached hydrogen (secondary N) is 1. The fourth-order valence-corrected chi connectivity index (χ4v) is 3.36. The third kappa shape index (κ3) is 2.58. The predicted molar refractivity (Wildman–Crippen MR) is 85.2 cm³/mol. The second-order valence-corrected chi connectivity index (χ2v) is 7.13. The van der Waals surface area contributed by atoms with Gasteiger partial charge in [0.1, 0.15) is 5.75 Å². The zero-order chi connectivity index (χ0) is 14.4. The highest BCUT2D eigenvalue weighted by Crippen LogP contribution is 2.36. The smallest absolute Gasteiger partial charge is 0.193 e. The van der Waals surface area contributed by atoms with E-state index in [0.29, 0.717) is 11.1 Å². The number of aromatic nitrogens is 1. The molecule has 0 aliphatic carbocycles. The van der Waals surface area contributed by atoms with Gasteiger partial charge in [-0.05, 0) is 37.9 Å². The van der Waals surface area contributed by atoms with Crippen molar-refractivity contribution >= 4 is 42.8 Å². The fourth-order valence-electron chi connectivity index (χ4n) is 1.94. The average molecular weight is 389 g/mol. The van der Waals surface area contributed by atoms with Crippen molar-refractivity contribution in [2.45, 2.75) is 26.2 Å². The molecule has 3 nitrogen and oxygen atoms in total. The van der Waals surface area contributed by atoms with Crippen molar-refractivity contribution in [3.8, 4) is 5.75 Å². The molecule has 2 rings (SSSR count). The highest BCUT2D eigenvalue weighted by Gasteiger charge is 2.20. The number of H-pyrrole nitrogens is 1. The van der Waals surface area contributed by atoms with Crippen molar-refractivity contribution in [2.24, 2.45) is 0 Å². The molecule has 1 N–H and O–H groups in total. The molecule has 0 saturated carbocycles. The first-order valence-electron chi connectivity index (χ1n) is 5.85. The first-order chi connectivity index (χ1) is 8.75. The summed E-state index contributed by atoms with van der Waals surface area (Å²) in [6.07, 6.45) is 0. The van der Waals surface area contributed by atoms with Crippen molar-refractivity contribution in [3.05, 3.63) is 37.0 Å². The number of rotatable bonds is 1. The van der Waals surface area contributed by atoms with Crippen LogP contribution in [0, 0.1) is 0 Å². The highest BCUT2D eigenvalue weighted by molar-refractivity contribution is 9.11. The number of pyridine rings is 1. The number of aromatic amines is 1. The zero-order valence-electron chi connectivity index (χ0n) is 11.2. The Morgan fingerprint density at radius 3 is 2.32 bits per heavy atom. The minimum Gasteiger partial charge on any atom is -0.495 e. The van der Waals surface area contributed by atoms with E-state index in [1.807, 2.05) is 6.07 Å². The van der Waals surface area contributed by atoms with Crippen LogP contribution in [0.2, 0.25) is 0 Å². The van der Waals surface area contributed by atoms with Gasteiger partial charge in [0, 0.05) is 21.6 Å². The zero-order valence-corrected chi connectivity index (χ0v) is 14.4. The lowest BCUT2D eigenvalue weighted by molar-refractivity contribution is 0.417. The number of hydrogen-bond acceptors (Lipinski definition) is 2. The lowest BCUT2D eigenvalue weighted by atomic mass is 9.91. The van der Waals surface area contributed by atoms with E-state index in [-0.39, 0.29) is 10.8 Å². The van der Waals surface area contributed by atoms with Gasteiger partial charge in [0.25, 0.3) is 0 Å². The number of ether oxygens (including phenoxy) is 1. The quantitative estimate of drug-likeness (QED) is 0.788. The van der Waals surface area contributed by atoms with Crippen LogP contribution in [0.1, 0.15) is 26.5 Å². The van der Waals surface area contributed by atoms with Gasteiger partial charge in [-0.25, -0.2) is 0 Å². The van der Waals surface area contributed by atoms with E-state index in [0.717, 1.165) is 20.2 Å². The van der Waals surface area contributed by atoms with E-state index in [4.69, 9.17) is 4.74 Å². The highest BCUT2D eigenvalue weighted by atomic mass is 79.9. The van der Waals surface area contributed by atoms with Crippen molar-refractivity contribution in [1.82, 2.24) is 4.98 Å². The van der Waals surface area contributed by atoms with Gasteiger partial charge in [-0.3, -0.25) is 4.79 Å². The number of hydrogen-bond donors (Lipinski definition) is 1. The third-order valence-corrected chi connectivity index (χ3v) is 4.19. The first kappa shape index (κ1) is 14.6. The Morgan fingerprint density at radius 1 is 1.16 bits per heavy atom. The van der Waals surface area contributed by atoms with Crippen LogP contribution in [0.3, 0.4) is 0 Å². The largest absolute Gasteiger partial charge is 0.495 e. The van der Waals surface area contributed by atoms with Gasteiger partial charge in [0.05, 0.1) is 22.5 Å². The lowest BCUT2D eigenvalue weighted by Crippen LogP contribution is -2.18. The average Bonchev–Trinajstić information content (AvgIpc) is 2.29. The molecule has 0 spiro atoms. The minimum atomic E-state index is -0.118. The summed E-state index contributed by atoms with van der Waals surface area (Å²) in [5.41, 5.74) is 1.50. The molecule has 0 aliphatic heterocycles. The molecule has 1 aromatic carbocycles. The summed E-state index contributed by atoms with van der Waals surface area (Å²) in [6, 6.07) is 3.52. The van der Waals surface area contributed by atoms with Crippen LogP contribution in [-0.4, -0.2) is 12.1 Å². The number of halogens is 2. The van der Waals surface area contributed by atoms with Crippen LogP contribution in [0.25, 0.3) is 10.9 Å². The molecule has 102 valence electrons. The molecular weight excluding hydrogens is 374 g/mol.